The highest BCUT2D eigenvalue weighted by Crippen LogP contribution is 2.30. The van der Waals surface area contributed by atoms with Crippen molar-refractivity contribution in [2.24, 2.45) is 7.05 Å². The van der Waals surface area contributed by atoms with Gasteiger partial charge in [-0.2, -0.15) is 5.10 Å². The molecule has 1 heterocycles. The molecule has 0 spiro atoms. The van der Waals surface area contributed by atoms with Crippen molar-refractivity contribution in [2.45, 2.75) is 19.2 Å². The summed E-state index contributed by atoms with van der Waals surface area (Å²) in [7, 11) is 2.00. The fourth-order valence-electron chi connectivity index (χ4n) is 2.25. The lowest BCUT2D eigenvalue weighted by molar-refractivity contribution is 0.741. The largest absolute Gasteiger partial charge is 0.327 e. The van der Waals surface area contributed by atoms with Gasteiger partial charge in [0.05, 0.1) is 5.69 Å². The van der Waals surface area contributed by atoms with Crippen LogP contribution >= 0.6 is 15.9 Å². The summed E-state index contributed by atoms with van der Waals surface area (Å²) in [5, 5.41) is 5.35. The highest BCUT2D eigenvalue weighted by Gasteiger charge is 2.18. The third-order valence-corrected chi connectivity index (χ3v) is 3.65. The molecule has 0 fully saturated rings. The summed E-state index contributed by atoms with van der Waals surface area (Å²) in [4.78, 5) is 2.29. The van der Waals surface area contributed by atoms with Gasteiger partial charge in [0.15, 0.2) is 0 Å². The van der Waals surface area contributed by atoms with Crippen LogP contribution in [0.1, 0.15) is 18.2 Å². The first-order valence-electron chi connectivity index (χ1n) is 6.10. The molecule has 0 saturated heterocycles. The van der Waals surface area contributed by atoms with Crippen molar-refractivity contribution in [1.82, 2.24) is 9.78 Å². The Bertz CT molecular complexity index is 519. The van der Waals surface area contributed by atoms with Gasteiger partial charge >= 0.3 is 0 Å². The molecule has 0 aliphatic heterocycles. The molecule has 4 heteroatoms. The van der Waals surface area contributed by atoms with Crippen molar-refractivity contribution in [2.75, 3.05) is 11.4 Å². The first kappa shape index (κ1) is 13.1. The first-order chi connectivity index (χ1) is 8.69. The van der Waals surface area contributed by atoms with E-state index in [0.717, 1.165) is 23.4 Å². The molecule has 18 heavy (non-hydrogen) atoms. The van der Waals surface area contributed by atoms with E-state index in [2.05, 4.69) is 64.0 Å². The molecule has 96 valence electrons. The molecule has 1 aromatic carbocycles. The molecule has 0 aliphatic rings. The minimum Gasteiger partial charge on any atom is -0.327 e. The summed E-state index contributed by atoms with van der Waals surface area (Å²) < 4.78 is 1.96. The molecule has 0 N–H and O–H groups in total. The lowest BCUT2D eigenvalue weighted by atomic mass is 10.2. The van der Waals surface area contributed by atoms with E-state index in [1.54, 1.807) is 0 Å². The van der Waals surface area contributed by atoms with Gasteiger partial charge in [-0.1, -0.05) is 34.1 Å². The van der Waals surface area contributed by atoms with Crippen molar-refractivity contribution < 1.29 is 0 Å². The molecule has 0 bridgehead atoms. The van der Waals surface area contributed by atoms with E-state index >= 15 is 0 Å². The fraction of sp³-hybridized carbons (Fsp3) is 0.357. The van der Waals surface area contributed by atoms with E-state index < -0.39 is 0 Å². The molecule has 0 radical (unpaired) electrons. The molecule has 1 aromatic heterocycles. The van der Waals surface area contributed by atoms with Crippen LogP contribution in [0.5, 0.6) is 0 Å². The number of rotatable bonds is 4. The quantitative estimate of drug-likeness (QED) is 0.802. The van der Waals surface area contributed by atoms with Crippen LogP contribution in [-0.4, -0.2) is 16.3 Å². The number of hydrogen-bond donors (Lipinski definition) is 0. The predicted molar refractivity (Wildman–Crippen MR) is 79.7 cm³/mol. The average Bonchev–Trinajstić information content (AvgIpc) is 2.66. The van der Waals surface area contributed by atoms with E-state index in [0.29, 0.717) is 0 Å². The predicted octanol–water partition coefficient (Wildman–Crippen LogP) is 3.78. The summed E-state index contributed by atoms with van der Waals surface area (Å²) in [6.07, 6.45) is 0. The van der Waals surface area contributed by atoms with Crippen LogP contribution in [0.3, 0.4) is 0 Å². The Morgan fingerprint density at radius 1 is 1.28 bits per heavy atom. The normalized spacial score (nSPS) is 10.7. The van der Waals surface area contributed by atoms with Crippen LogP contribution in [0.25, 0.3) is 0 Å². The summed E-state index contributed by atoms with van der Waals surface area (Å²) in [5.41, 5.74) is 3.53. The number of hydrogen-bond acceptors (Lipinski definition) is 2. The van der Waals surface area contributed by atoms with Crippen LogP contribution in [0.15, 0.2) is 30.3 Å². The number of para-hydroxylation sites is 1. The van der Waals surface area contributed by atoms with Crippen LogP contribution in [-0.2, 0) is 12.4 Å². The SMILES string of the molecule is CCN(c1ccccc1)c1c(CBr)c(C)nn1C. The zero-order chi connectivity index (χ0) is 13.1. The van der Waals surface area contributed by atoms with Gasteiger partial charge in [-0.3, -0.25) is 4.68 Å². The second kappa shape index (κ2) is 5.57. The Morgan fingerprint density at radius 2 is 1.94 bits per heavy atom. The summed E-state index contributed by atoms with van der Waals surface area (Å²) >= 11 is 3.56. The average molecular weight is 308 g/mol. The highest BCUT2D eigenvalue weighted by molar-refractivity contribution is 9.08. The van der Waals surface area contributed by atoms with E-state index in [1.807, 2.05) is 17.8 Å². The second-order valence-electron chi connectivity index (χ2n) is 4.22. The monoisotopic (exact) mass is 307 g/mol. The Kier molecular flexibility index (Phi) is 4.07. The maximum atomic E-state index is 4.52. The van der Waals surface area contributed by atoms with Gasteiger partial charge < -0.3 is 4.90 Å². The lowest BCUT2D eigenvalue weighted by Gasteiger charge is -2.24. The molecular weight excluding hydrogens is 290 g/mol. The maximum Gasteiger partial charge on any atom is 0.135 e. The lowest BCUT2D eigenvalue weighted by Crippen LogP contribution is -2.20. The molecule has 2 rings (SSSR count). The topological polar surface area (TPSA) is 21.1 Å². The summed E-state index contributed by atoms with van der Waals surface area (Å²) in [6, 6.07) is 10.4. The summed E-state index contributed by atoms with van der Waals surface area (Å²) in [5.74, 6) is 1.16. The molecule has 0 amide bonds. The van der Waals surface area contributed by atoms with Gasteiger partial charge in [-0.25, -0.2) is 0 Å². The van der Waals surface area contributed by atoms with E-state index in [9.17, 15) is 0 Å². The van der Waals surface area contributed by atoms with Crippen LogP contribution in [0.4, 0.5) is 11.5 Å². The van der Waals surface area contributed by atoms with Gasteiger partial charge in [-0.05, 0) is 26.0 Å². The Labute approximate surface area is 117 Å². The van der Waals surface area contributed by atoms with Gasteiger partial charge in [-0.15, -0.1) is 0 Å². The van der Waals surface area contributed by atoms with Gasteiger partial charge in [0.1, 0.15) is 5.82 Å². The third kappa shape index (κ3) is 2.29. The maximum absolute atomic E-state index is 4.52. The minimum atomic E-state index is 0.825. The molecule has 0 atom stereocenters. The van der Waals surface area contributed by atoms with Crippen molar-refractivity contribution >= 4 is 27.4 Å². The van der Waals surface area contributed by atoms with Crippen molar-refractivity contribution in [3.8, 4) is 0 Å². The van der Waals surface area contributed by atoms with Crippen LogP contribution in [0.2, 0.25) is 0 Å². The van der Waals surface area contributed by atoms with E-state index in [1.165, 1.54) is 11.3 Å². The molecule has 2 aromatic rings. The van der Waals surface area contributed by atoms with Gasteiger partial charge in [0, 0.05) is 30.2 Å². The number of aryl methyl sites for hydroxylation is 2. The van der Waals surface area contributed by atoms with Crippen LogP contribution < -0.4 is 4.90 Å². The molecule has 0 saturated carbocycles. The second-order valence-corrected chi connectivity index (χ2v) is 4.79. The first-order valence-corrected chi connectivity index (χ1v) is 7.22. The van der Waals surface area contributed by atoms with E-state index in [-0.39, 0.29) is 0 Å². The molecule has 0 aliphatic carbocycles. The third-order valence-electron chi connectivity index (χ3n) is 3.09. The fourth-order valence-corrected chi connectivity index (χ4v) is 2.90. The zero-order valence-electron chi connectivity index (χ0n) is 11.0. The standard InChI is InChI=1S/C14H18BrN3/c1-4-18(12-8-6-5-7-9-12)14-13(10-15)11(2)16-17(14)3/h5-9H,4,10H2,1-3H3. The Hall–Kier alpha value is -1.29. The van der Waals surface area contributed by atoms with Gasteiger partial charge in [0.2, 0.25) is 0 Å². The number of alkyl halides is 1. The number of halogens is 1. The zero-order valence-corrected chi connectivity index (χ0v) is 12.6. The number of aromatic nitrogens is 2. The number of benzene rings is 1. The van der Waals surface area contributed by atoms with E-state index in [4.69, 9.17) is 0 Å². The van der Waals surface area contributed by atoms with Crippen molar-refractivity contribution in [1.29, 1.82) is 0 Å². The summed E-state index contributed by atoms with van der Waals surface area (Å²) in [6.45, 7) is 5.13. The van der Waals surface area contributed by atoms with Crippen molar-refractivity contribution in [3.05, 3.63) is 41.6 Å². The minimum absolute atomic E-state index is 0.825. The number of anilines is 2. The number of nitrogens with zero attached hydrogens (tertiary/aromatic N) is 3. The Balaban J connectivity index is 2.52. The highest BCUT2D eigenvalue weighted by atomic mass is 79.9. The van der Waals surface area contributed by atoms with Crippen LogP contribution in [0, 0.1) is 6.92 Å². The molecule has 0 unspecified atom stereocenters. The smallest absolute Gasteiger partial charge is 0.135 e. The Morgan fingerprint density at radius 3 is 2.50 bits per heavy atom. The van der Waals surface area contributed by atoms with Gasteiger partial charge in [0.25, 0.3) is 0 Å². The molecular formula is C14H18BrN3. The molecule has 3 nitrogen and oxygen atoms in total. The van der Waals surface area contributed by atoms with Crippen molar-refractivity contribution in [3.63, 3.8) is 0 Å².